The number of hydrogen-bond acceptors (Lipinski definition) is 9. The SMILES string of the molecule is C[C@@H](COCCC(=O)N1CCN2c3ncc(C(F)(F)F)cc3S(=O)(=O)C[C@@H]2C1)Nc1cn[nH]c(=O)c1C(F)(F)F. The molecule has 2 aliphatic rings. The van der Waals surface area contributed by atoms with E-state index >= 15 is 0 Å². The van der Waals surface area contributed by atoms with Gasteiger partial charge in [-0.1, -0.05) is 0 Å². The molecule has 220 valence electrons. The van der Waals surface area contributed by atoms with E-state index in [1.807, 2.05) is 0 Å². The number of rotatable bonds is 7. The minimum absolute atomic E-state index is 0.00787. The number of halogens is 6. The molecule has 0 unspecified atom stereocenters. The molecule has 1 amide bonds. The number of sulfone groups is 1. The summed E-state index contributed by atoms with van der Waals surface area (Å²) in [5, 5.41) is 7.61. The Kier molecular flexibility index (Phi) is 8.04. The number of piperazine rings is 1. The number of pyridine rings is 1. The van der Waals surface area contributed by atoms with Crippen molar-refractivity contribution in [1.82, 2.24) is 20.1 Å². The molecule has 2 aromatic heterocycles. The summed E-state index contributed by atoms with van der Waals surface area (Å²) < 4.78 is 110. The van der Waals surface area contributed by atoms with Crippen LogP contribution in [0.1, 0.15) is 24.5 Å². The van der Waals surface area contributed by atoms with Gasteiger partial charge < -0.3 is 19.9 Å². The van der Waals surface area contributed by atoms with Crippen molar-refractivity contribution in [2.75, 3.05) is 48.8 Å². The monoisotopic (exact) mass is 598 g/mol. The molecule has 1 fully saturated rings. The summed E-state index contributed by atoms with van der Waals surface area (Å²) in [5.74, 6) is -0.920. The molecule has 0 saturated carbocycles. The van der Waals surface area contributed by atoms with Crippen molar-refractivity contribution < 1.29 is 44.3 Å². The second-order valence-electron chi connectivity index (χ2n) is 9.37. The van der Waals surface area contributed by atoms with Gasteiger partial charge in [0, 0.05) is 31.9 Å². The first-order chi connectivity index (χ1) is 18.6. The lowest BCUT2D eigenvalue weighted by molar-refractivity contribution is -0.138. The van der Waals surface area contributed by atoms with E-state index in [0.717, 1.165) is 6.20 Å². The molecule has 40 heavy (non-hydrogen) atoms. The number of fused-ring (bicyclic) bond motifs is 3. The molecule has 0 radical (unpaired) electrons. The van der Waals surface area contributed by atoms with Crippen molar-refractivity contribution in [3.05, 3.63) is 39.9 Å². The molecule has 2 N–H and O–H groups in total. The maximum atomic E-state index is 13.2. The minimum atomic E-state index is -4.91. The van der Waals surface area contributed by atoms with Crippen LogP contribution < -0.4 is 15.8 Å². The number of amides is 1. The first-order valence-corrected chi connectivity index (χ1v) is 13.6. The molecule has 0 spiro atoms. The third-order valence-corrected chi connectivity index (χ3v) is 8.18. The summed E-state index contributed by atoms with van der Waals surface area (Å²) in [5.41, 5.74) is -4.50. The first kappa shape index (κ1) is 29.6. The topological polar surface area (TPSA) is 138 Å². The number of nitrogens with one attached hydrogen (secondary N) is 2. The van der Waals surface area contributed by atoms with Crippen LogP contribution in [0.2, 0.25) is 0 Å². The molecule has 4 heterocycles. The average Bonchev–Trinajstić information content (AvgIpc) is 2.84. The number of hydrogen-bond donors (Lipinski definition) is 2. The number of ether oxygens (including phenoxy) is 1. The summed E-state index contributed by atoms with van der Waals surface area (Å²) in [6, 6.07) is -0.800. The molecule has 0 aromatic carbocycles. The fraction of sp³-hybridized carbons (Fsp3) is 0.545. The normalized spacial score (nSPS) is 19.5. The molecule has 18 heteroatoms. The Hall–Kier alpha value is -3.41. The van der Waals surface area contributed by atoms with E-state index in [4.69, 9.17) is 4.74 Å². The third kappa shape index (κ3) is 6.32. The van der Waals surface area contributed by atoms with E-state index in [1.165, 1.54) is 11.8 Å². The molecule has 2 aliphatic heterocycles. The van der Waals surface area contributed by atoms with Crippen molar-refractivity contribution >= 4 is 27.2 Å². The van der Waals surface area contributed by atoms with Crippen LogP contribution in [0.25, 0.3) is 0 Å². The Morgan fingerprint density at radius 2 is 1.93 bits per heavy atom. The van der Waals surface area contributed by atoms with Gasteiger partial charge in [-0.05, 0) is 13.0 Å². The largest absolute Gasteiger partial charge is 0.423 e. The summed E-state index contributed by atoms with van der Waals surface area (Å²) in [6.07, 6.45) is -8.34. The Balaban J connectivity index is 1.30. The summed E-state index contributed by atoms with van der Waals surface area (Å²) in [7, 11) is -4.09. The standard InChI is InChI=1S/C22H24F6N6O5S/c1-12(31-15-8-30-32-20(36)18(15)22(26,27)28)10-39-5-2-17(35)33-3-4-34-14(9-33)11-40(37,38)16-6-13(21(23,24)25)7-29-19(16)34/h6-8,12,14H,2-5,9-11H2,1H3,(H2,31,32,36)/t12-,14-/m0/s1. The number of H-pyrrole nitrogens is 1. The van der Waals surface area contributed by atoms with Crippen molar-refractivity contribution in [2.24, 2.45) is 0 Å². The van der Waals surface area contributed by atoms with Crippen LogP contribution >= 0.6 is 0 Å². The minimum Gasteiger partial charge on any atom is -0.379 e. The van der Waals surface area contributed by atoms with Crippen molar-refractivity contribution in [1.29, 1.82) is 0 Å². The highest BCUT2D eigenvalue weighted by atomic mass is 32.2. The lowest BCUT2D eigenvalue weighted by Crippen LogP contribution is -2.59. The van der Waals surface area contributed by atoms with Crippen LogP contribution in [0.4, 0.5) is 37.8 Å². The summed E-state index contributed by atoms with van der Waals surface area (Å²) >= 11 is 0. The number of carbonyl (C=O) groups is 1. The zero-order valence-corrected chi connectivity index (χ0v) is 21.7. The smallest absolute Gasteiger partial charge is 0.379 e. The quantitative estimate of drug-likeness (QED) is 0.362. The number of carbonyl (C=O) groups excluding carboxylic acids is 1. The first-order valence-electron chi connectivity index (χ1n) is 11.9. The Morgan fingerprint density at radius 1 is 1.20 bits per heavy atom. The highest BCUT2D eigenvalue weighted by molar-refractivity contribution is 7.91. The third-order valence-electron chi connectivity index (χ3n) is 6.38. The fourth-order valence-corrected chi connectivity index (χ4v) is 6.28. The van der Waals surface area contributed by atoms with Crippen LogP contribution in [0.15, 0.2) is 28.2 Å². The van der Waals surface area contributed by atoms with E-state index in [0.29, 0.717) is 12.3 Å². The van der Waals surface area contributed by atoms with Crippen molar-refractivity contribution in [3.63, 3.8) is 0 Å². The van der Waals surface area contributed by atoms with E-state index < -0.39 is 67.3 Å². The molecule has 0 aliphatic carbocycles. The van der Waals surface area contributed by atoms with Crippen LogP contribution in [0.3, 0.4) is 0 Å². The van der Waals surface area contributed by atoms with Gasteiger partial charge >= 0.3 is 12.4 Å². The van der Waals surface area contributed by atoms with Gasteiger partial charge in [0.2, 0.25) is 5.91 Å². The number of nitrogens with zero attached hydrogens (tertiary/aromatic N) is 4. The second kappa shape index (κ2) is 10.9. The average molecular weight is 599 g/mol. The van der Waals surface area contributed by atoms with Gasteiger partial charge in [-0.15, -0.1) is 0 Å². The lowest BCUT2D eigenvalue weighted by Gasteiger charge is -2.44. The maximum Gasteiger partial charge on any atom is 0.423 e. The fourth-order valence-electron chi connectivity index (χ4n) is 4.56. The Morgan fingerprint density at radius 3 is 2.60 bits per heavy atom. The Bertz CT molecular complexity index is 1430. The highest BCUT2D eigenvalue weighted by Gasteiger charge is 2.43. The van der Waals surface area contributed by atoms with E-state index in [9.17, 15) is 44.3 Å². The molecule has 1 saturated heterocycles. The molecule has 0 bridgehead atoms. The summed E-state index contributed by atoms with van der Waals surface area (Å²) in [4.78, 5) is 30.6. The van der Waals surface area contributed by atoms with E-state index in [-0.39, 0.29) is 51.0 Å². The van der Waals surface area contributed by atoms with Gasteiger partial charge in [0.1, 0.15) is 16.3 Å². The summed E-state index contributed by atoms with van der Waals surface area (Å²) in [6.45, 7) is 1.66. The zero-order valence-electron chi connectivity index (χ0n) is 20.8. The molecule has 2 atom stereocenters. The number of aromatic amines is 1. The maximum absolute atomic E-state index is 13.2. The molecular weight excluding hydrogens is 574 g/mol. The van der Waals surface area contributed by atoms with Gasteiger partial charge in [-0.2, -0.15) is 31.4 Å². The van der Waals surface area contributed by atoms with Crippen LogP contribution in [0, 0.1) is 0 Å². The van der Waals surface area contributed by atoms with Crippen LogP contribution in [0.5, 0.6) is 0 Å². The van der Waals surface area contributed by atoms with Crippen LogP contribution in [-0.4, -0.2) is 85.1 Å². The lowest BCUT2D eigenvalue weighted by atomic mass is 10.1. The van der Waals surface area contributed by atoms with Gasteiger partial charge in [0.05, 0.1) is 48.9 Å². The number of alkyl halides is 6. The number of aromatic nitrogens is 3. The van der Waals surface area contributed by atoms with Gasteiger partial charge in [0.25, 0.3) is 5.56 Å². The van der Waals surface area contributed by atoms with E-state index in [1.54, 1.807) is 10.00 Å². The molecule has 4 rings (SSSR count). The van der Waals surface area contributed by atoms with Crippen molar-refractivity contribution in [3.8, 4) is 0 Å². The molecule has 2 aromatic rings. The van der Waals surface area contributed by atoms with Crippen molar-refractivity contribution in [2.45, 2.75) is 42.7 Å². The van der Waals surface area contributed by atoms with E-state index in [2.05, 4.69) is 15.4 Å². The van der Waals surface area contributed by atoms with Gasteiger partial charge in [0.15, 0.2) is 9.84 Å². The number of anilines is 2. The molecule has 11 nitrogen and oxygen atoms in total. The predicted octanol–water partition coefficient (Wildman–Crippen LogP) is 1.91. The van der Waals surface area contributed by atoms with Gasteiger partial charge in [-0.25, -0.2) is 18.5 Å². The second-order valence-corrected chi connectivity index (χ2v) is 11.4. The Labute approximate surface area is 223 Å². The predicted molar refractivity (Wildman–Crippen MR) is 127 cm³/mol. The van der Waals surface area contributed by atoms with Crippen LogP contribution in [-0.2, 0) is 31.7 Å². The zero-order chi connectivity index (χ0) is 29.5. The highest BCUT2D eigenvalue weighted by Crippen LogP contribution is 2.38. The molecular formula is C22H24F6N6O5S. The van der Waals surface area contributed by atoms with Gasteiger partial charge in [-0.3, -0.25) is 9.59 Å².